The number of carbonyl (C=O) groups excluding carboxylic acids is 2. The van der Waals surface area contributed by atoms with Crippen LogP contribution in [0.4, 0.5) is 4.79 Å². The van der Waals surface area contributed by atoms with Crippen LogP contribution < -0.4 is 0 Å². The molecule has 1 aromatic rings. The Kier molecular flexibility index (Phi) is 3.54. The van der Waals surface area contributed by atoms with Crippen molar-refractivity contribution in [2.24, 2.45) is 0 Å². The van der Waals surface area contributed by atoms with E-state index >= 15 is 0 Å². The first-order valence-electron chi connectivity index (χ1n) is 6.88. The molecule has 2 saturated heterocycles. The fourth-order valence-corrected chi connectivity index (χ4v) is 2.79. The van der Waals surface area contributed by atoms with Crippen molar-refractivity contribution in [3.8, 4) is 0 Å². The number of amides is 2. The van der Waals surface area contributed by atoms with Crippen LogP contribution in [-0.4, -0.2) is 59.1 Å². The minimum atomic E-state index is -0.220. The average Bonchev–Trinajstić information content (AvgIpc) is 2.94. The molecule has 0 spiro atoms. The fraction of sp³-hybridized carbons (Fsp3) is 0.500. The van der Waals surface area contributed by atoms with E-state index in [1.165, 1.54) is 0 Å². The van der Waals surface area contributed by atoms with Gasteiger partial charge < -0.3 is 14.5 Å². The molecule has 2 amide bonds. The number of likely N-dealkylation sites (tertiary alicyclic amines) is 1. The smallest absolute Gasteiger partial charge is 0.410 e. The summed E-state index contributed by atoms with van der Waals surface area (Å²) >= 11 is 0. The zero-order valence-corrected chi connectivity index (χ0v) is 11.2. The lowest BCUT2D eigenvalue weighted by molar-refractivity contribution is 0.0658. The Morgan fingerprint density at radius 3 is 2.70 bits per heavy atom. The summed E-state index contributed by atoms with van der Waals surface area (Å²) in [5.74, 6) is 0.0144. The van der Waals surface area contributed by atoms with Crippen LogP contribution >= 0.6 is 0 Å². The first-order chi connectivity index (χ1) is 9.75. The van der Waals surface area contributed by atoms with Gasteiger partial charge in [0.05, 0.1) is 12.1 Å². The quantitative estimate of drug-likeness (QED) is 0.812. The van der Waals surface area contributed by atoms with Crippen LogP contribution in [0.15, 0.2) is 24.5 Å². The number of hydrogen-bond acceptors (Lipinski definition) is 4. The molecule has 0 saturated carbocycles. The molecule has 0 atom stereocenters. The Morgan fingerprint density at radius 2 is 2.10 bits per heavy atom. The van der Waals surface area contributed by atoms with Crippen molar-refractivity contribution in [3.05, 3.63) is 30.1 Å². The summed E-state index contributed by atoms with van der Waals surface area (Å²) in [6.45, 7) is 2.48. The van der Waals surface area contributed by atoms with Gasteiger partial charge in [0.1, 0.15) is 6.61 Å². The summed E-state index contributed by atoms with van der Waals surface area (Å²) in [6, 6.07) is 3.74. The maximum atomic E-state index is 12.3. The third kappa shape index (κ3) is 2.45. The Labute approximate surface area is 117 Å². The lowest BCUT2D eigenvalue weighted by Crippen LogP contribution is -2.47. The van der Waals surface area contributed by atoms with Gasteiger partial charge in [-0.1, -0.05) is 0 Å². The molecule has 2 fully saturated rings. The predicted octanol–water partition coefficient (Wildman–Crippen LogP) is 1.14. The van der Waals surface area contributed by atoms with E-state index < -0.39 is 0 Å². The molecule has 0 bridgehead atoms. The average molecular weight is 275 g/mol. The van der Waals surface area contributed by atoms with E-state index in [1.54, 1.807) is 29.4 Å². The zero-order chi connectivity index (χ0) is 13.9. The van der Waals surface area contributed by atoms with Gasteiger partial charge in [-0.15, -0.1) is 0 Å². The van der Waals surface area contributed by atoms with Crippen LogP contribution in [-0.2, 0) is 4.74 Å². The summed E-state index contributed by atoms with van der Waals surface area (Å²) in [6.07, 6.45) is 4.64. The Hall–Kier alpha value is -2.11. The van der Waals surface area contributed by atoms with E-state index in [4.69, 9.17) is 4.74 Å². The summed E-state index contributed by atoms with van der Waals surface area (Å²) in [5.41, 5.74) is 0.617. The molecule has 2 aliphatic rings. The highest BCUT2D eigenvalue weighted by atomic mass is 16.6. The van der Waals surface area contributed by atoms with Gasteiger partial charge in [-0.05, 0) is 25.0 Å². The number of aromatic nitrogens is 1. The van der Waals surface area contributed by atoms with Crippen molar-refractivity contribution in [1.29, 1.82) is 0 Å². The summed E-state index contributed by atoms with van der Waals surface area (Å²) in [5, 5.41) is 0. The van der Waals surface area contributed by atoms with Crippen LogP contribution in [0, 0.1) is 0 Å². The third-order valence-electron chi connectivity index (χ3n) is 3.89. The van der Waals surface area contributed by atoms with Gasteiger partial charge in [0.2, 0.25) is 0 Å². The maximum absolute atomic E-state index is 12.3. The number of rotatable bonds is 2. The normalized spacial score (nSPS) is 20.1. The second kappa shape index (κ2) is 5.48. The molecule has 0 unspecified atom stereocenters. The molecule has 0 aliphatic carbocycles. The maximum Gasteiger partial charge on any atom is 0.410 e. The van der Waals surface area contributed by atoms with E-state index in [9.17, 15) is 9.59 Å². The first-order valence-corrected chi connectivity index (χ1v) is 6.88. The minimum Gasteiger partial charge on any atom is -0.448 e. The summed E-state index contributed by atoms with van der Waals surface area (Å²) in [7, 11) is 0. The molecule has 3 heterocycles. The molecule has 106 valence electrons. The van der Waals surface area contributed by atoms with Gasteiger partial charge in [0.15, 0.2) is 0 Å². The van der Waals surface area contributed by atoms with E-state index in [0.717, 1.165) is 12.8 Å². The lowest BCUT2D eigenvalue weighted by atomic mass is 10.0. The van der Waals surface area contributed by atoms with Crippen molar-refractivity contribution < 1.29 is 14.3 Å². The summed E-state index contributed by atoms with van der Waals surface area (Å²) in [4.78, 5) is 31.4. The number of ether oxygens (including phenoxy) is 1. The van der Waals surface area contributed by atoms with E-state index in [-0.39, 0.29) is 18.0 Å². The van der Waals surface area contributed by atoms with Crippen LogP contribution in [0.2, 0.25) is 0 Å². The van der Waals surface area contributed by atoms with Crippen molar-refractivity contribution in [1.82, 2.24) is 14.8 Å². The lowest BCUT2D eigenvalue weighted by Gasteiger charge is -2.35. The van der Waals surface area contributed by atoms with E-state index in [1.807, 2.05) is 4.90 Å². The zero-order valence-electron chi connectivity index (χ0n) is 11.2. The molecule has 6 heteroatoms. The van der Waals surface area contributed by atoms with Gasteiger partial charge in [0.25, 0.3) is 5.91 Å². The van der Waals surface area contributed by atoms with Crippen molar-refractivity contribution in [2.75, 3.05) is 26.2 Å². The predicted molar refractivity (Wildman–Crippen MR) is 71.2 cm³/mol. The highest BCUT2D eigenvalue weighted by Crippen LogP contribution is 2.21. The van der Waals surface area contributed by atoms with Crippen molar-refractivity contribution in [2.45, 2.75) is 18.9 Å². The standard InChI is InChI=1S/C14H17N3O3/c18-13(11-2-1-5-15-10-11)16-6-3-12(4-7-16)17-8-9-20-14(17)19/h1-2,5,10,12H,3-4,6-9H2. The molecule has 0 N–H and O–H groups in total. The SMILES string of the molecule is O=C(c1cccnc1)N1CCC(N2CCOC2=O)CC1. The fourth-order valence-electron chi connectivity index (χ4n) is 2.79. The molecule has 1 aromatic heterocycles. The van der Waals surface area contributed by atoms with Gasteiger partial charge in [-0.25, -0.2) is 4.79 Å². The Morgan fingerprint density at radius 1 is 1.30 bits per heavy atom. The molecule has 2 aliphatic heterocycles. The number of pyridine rings is 1. The van der Waals surface area contributed by atoms with Crippen molar-refractivity contribution >= 4 is 12.0 Å². The molecule has 3 rings (SSSR count). The van der Waals surface area contributed by atoms with Crippen LogP contribution in [0.5, 0.6) is 0 Å². The van der Waals surface area contributed by atoms with Crippen LogP contribution in [0.1, 0.15) is 23.2 Å². The van der Waals surface area contributed by atoms with Gasteiger partial charge in [-0.2, -0.15) is 0 Å². The van der Waals surface area contributed by atoms with Gasteiger partial charge in [-0.3, -0.25) is 9.78 Å². The highest BCUT2D eigenvalue weighted by molar-refractivity contribution is 5.93. The Bertz CT molecular complexity index is 498. The monoisotopic (exact) mass is 275 g/mol. The Balaban J connectivity index is 1.58. The topological polar surface area (TPSA) is 62.7 Å². The highest BCUT2D eigenvalue weighted by Gasteiger charge is 2.33. The number of hydrogen-bond donors (Lipinski definition) is 0. The van der Waals surface area contributed by atoms with Gasteiger partial charge >= 0.3 is 6.09 Å². The molecular weight excluding hydrogens is 258 g/mol. The number of carbonyl (C=O) groups is 2. The van der Waals surface area contributed by atoms with Crippen molar-refractivity contribution in [3.63, 3.8) is 0 Å². The molecule has 6 nitrogen and oxygen atoms in total. The number of cyclic esters (lactones) is 1. The van der Waals surface area contributed by atoms with Crippen LogP contribution in [0.25, 0.3) is 0 Å². The van der Waals surface area contributed by atoms with E-state index in [2.05, 4.69) is 4.98 Å². The van der Waals surface area contributed by atoms with E-state index in [0.29, 0.717) is 31.8 Å². The second-order valence-corrected chi connectivity index (χ2v) is 5.07. The molecular formula is C14H17N3O3. The second-order valence-electron chi connectivity index (χ2n) is 5.07. The largest absolute Gasteiger partial charge is 0.448 e. The summed E-state index contributed by atoms with van der Waals surface area (Å²) < 4.78 is 4.96. The first kappa shape index (κ1) is 12.9. The van der Waals surface area contributed by atoms with Gasteiger partial charge in [0, 0.05) is 31.5 Å². The van der Waals surface area contributed by atoms with Crippen LogP contribution in [0.3, 0.4) is 0 Å². The molecule has 0 radical (unpaired) electrons. The molecule has 20 heavy (non-hydrogen) atoms. The number of nitrogens with zero attached hydrogens (tertiary/aromatic N) is 3. The molecule has 0 aromatic carbocycles. The number of piperidine rings is 1. The third-order valence-corrected chi connectivity index (χ3v) is 3.89. The minimum absolute atomic E-state index is 0.0144.